The zero-order valence-electron chi connectivity index (χ0n) is 9.39. The van der Waals surface area contributed by atoms with Crippen LogP contribution in [0, 0.1) is 18.3 Å². The molecule has 1 rings (SSSR count). The number of nitrogens with zero attached hydrogens (tertiary/aromatic N) is 2. The van der Waals surface area contributed by atoms with Gasteiger partial charge in [-0.3, -0.25) is 4.98 Å². The summed E-state index contributed by atoms with van der Waals surface area (Å²) >= 11 is 1.17. The molecule has 0 radical (unpaired) electrons. The van der Waals surface area contributed by atoms with Gasteiger partial charge in [0.2, 0.25) is 0 Å². The van der Waals surface area contributed by atoms with Crippen molar-refractivity contribution in [2.45, 2.75) is 6.92 Å². The first-order valence-electron chi connectivity index (χ1n) is 4.69. The third-order valence-electron chi connectivity index (χ3n) is 2.04. The summed E-state index contributed by atoms with van der Waals surface area (Å²) in [7, 11) is 0. The van der Waals surface area contributed by atoms with Gasteiger partial charge in [-0.25, -0.2) is 4.79 Å². The minimum absolute atomic E-state index is 0.302. The molecule has 17 heavy (non-hydrogen) atoms. The molecule has 0 saturated heterocycles. The van der Waals surface area contributed by atoms with Gasteiger partial charge in [0, 0.05) is 6.20 Å². The average molecular weight is 249 g/mol. The second kappa shape index (κ2) is 5.92. The van der Waals surface area contributed by atoms with Crippen molar-refractivity contribution in [1.82, 2.24) is 4.98 Å². The second-order valence-electron chi connectivity index (χ2n) is 3.14. The van der Waals surface area contributed by atoms with Gasteiger partial charge in [0.15, 0.2) is 5.57 Å². The predicted octanol–water partition coefficient (Wildman–Crippen LogP) is 1.98. The summed E-state index contributed by atoms with van der Waals surface area (Å²) in [6.45, 7) is 1.87. The van der Waals surface area contributed by atoms with E-state index in [0.29, 0.717) is 10.7 Å². The lowest BCUT2D eigenvalue weighted by molar-refractivity contribution is -0.132. The maximum Gasteiger partial charge on any atom is 0.349 e. The standard InChI is InChI=1S/C11H11N3O2S/c1-7-3-4-13-6-9(7)14-10(17-2)8(5-12)11(15)16/h3-4,6,14H,1-2H3,(H,15,16). The Morgan fingerprint density at radius 3 is 2.82 bits per heavy atom. The lowest BCUT2D eigenvalue weighted by Crippen LogP contribution is -2.08. The molecule has 1 aromatic heterocycles. The van der Waals surface area contributed by atoms with Crippen molar-refractivity contribution >= 4 is 23.4 Å². The highest BCUT2D eigenvalue weighted by Crippen LogP contribution is 2.22. The maximum absolute atomic E-state index is 10.9. The van der Waals surface area contributed by atoms with Crippen molar-refractivity contribution in [1.29, 1.82) is 5.26 Å². The Morgan fingerprint density at radius 2 is 2.35 bits per heavy atom. The summed E-state index contributed by atoms with van der Waals surface area (Å²) in [4.78, 5) is 14.8. The molecule has 1 aromatic rings. The number of carboxylic acids is 1. The quantitative estimate of drug-likeness (QED) is 0.627. The maximum atomic E-state index is 10.9. The number of carboxylic acid groups (broad SMARTS) is 1. The predicted molar refractivity (Wildman–Crippen MR) is 66.4 cm³/mol. The number of hydrogen-bond acceptors (Lipinski definition) is 5. The van der Waals surface area contributed by atoms with Crippen LogP contribution >= 0.6 is 11.8 Å². The molecular weight excluding hydrogens is 238 g/mol. The molecule has 0 spiro atoms. The summed E-state index contributed by atoms with van der Waals surface area (Å²) < 4.78 is 0. The number of hydrogen-bond donors (Lipinski definition) is 2. The lowest BCUT2D eigenvalue weighted by atomic mass is 10.2. The van der Waals surface area contributed by atoms with E-state index in [1.165, 1.54) is 11.8 Å². The molecule has 88 valence electrons. The van der Waals surface area contributed by atoms with Crippen molar-refractivity contribution in [3.05, 3.63) is 34.6 Å². The number of thioether (sulfide) groups is 1. The third kappa shape index (κ3) is 3.23. The molecule has 0 aliphatic rings. The fraction of sp³-hybridized carbons (Fsp3) is 0.182. The van der Waals surface area contributed by atoms with Gasteiger partial charge in [0.05, 0.1) is 16.9 Å². The van der Waals surface area contributed by atoms with Gasteiger partial charge in [-0.2, -0.15) is 5.26 Å². The topological polar surface area (TPSA) is 86.0 Å². The van der Waals surface area contributed by atoms with Gasteiger partial charge in [0.1, 0.15) is 6.07 Å². The third-order valence-corrected chi connectivity index (χ3v) is 2.76. The number of nitrogens with one attached hydrogen (secondary N) is 1. The summed E-state index contributed by atoms with van der Waals surface area (Å²) in [6, 6.07) is 3.47. The molecule has 0 aliphatic carbocycles. The number of aromatic nitrogens is 1. The molecule has 5 nitrogen and oxygen atoms in total. The number of aryl methyl sites for hydroxylation is 1. The van der Waals surface area contributed by atoms with Gasteiger partial charge < -0.3 is 10.4 Å². The Kier molecular flexibility index (Phi) is 4.55. The highest BCUT2D eigenvalue weighted by atomic mass is 32.2. The SMILES string of the molecule is CSC(Nc1cnccc1C)=C(C#N)C(=O)O. The van der Waals surface area contributed by atoms with Crippen LogP contribution in [-0.4, -0.2) is 22.3 Å². The summed E-state index contributed by atoms with van der Waals surface area (Å²) in [5.74, 6) is -1.24. The van der Waals surface area contributed by atoms with Gasteiger partial charge >= 0.3 is 5.97 Å². The number of carbonyl (C=O) groups is 1. The first-order valence-corrected chi connectivity index (χ1v) is 5.92. The minimum Gasteiger partial charge on any atom is -0.477 e. The number of rotatable bonds is 4. The largest absolute Gasteiger partial charge is 0.477 e. The number of aliphatic carboxylic acids is 1. The summed E-state index contributed by atoms with van der Waals surface area (Å²) in [5, 5.41) is 20.9. The van der Waals surface area contributed by atoms with E-state index in [0.717, 1.165) is 5.56 Å². The second-order valence-corrected chi connectivity index (χ2v) is 3.96. The molecule has 0 bridgehead atoms. The van der Waals surface area contributed by atoms with Crippen LogP contribution < -0.4 is 5.32 Å². The molecule has 0 saturated carbocycles. The zero-order valence-corrected chi connectivity index (χ0v) is 10.2. The molecule has 0 fully saturated rings. The van der Waals surface area contributed by atoms with E-state index >= 15 is 0 Å². The van der Waals surface area contributed by atoms with Gasteiger partial charge in [-0.15, -0.1) is 11.8 Å². The van der Waals surface area contributed by atoms with Gasteiger partial charge in [0.25, 0.3) is 0 Å². The molecule has 0 atom stereocenters. The Labute approximate surface area is 103 Å². The molecule has 0 unspecified atom stereocenters. The molecule has 6 heteroatoms. The molecule has 2 N–H and O–H groups in total. The van der Waals surface area contributed by atoms with Crippen LogP contribution in [0.15, 0.2) is 29.1 Å². The van der Waals surface area contributed by atoms with E-state index in [1.807, 2.05) is 6.92 Å². The average Bonchev–Trinajstić information content (AvgIpc) is 2.30. The summed E-state index contributed by atoms with van der Waals surface area (Å²) in [6.07, 6.45) is 4.93. The van der Waals surface area contributed by atoms with E-state index in [1.54, 1.807) is 30.8 Å². The van der Waals surface area contributed by atoms with Crippen molar-refractivity contribution < 1.29 is 9.90 Å². The minimum atomic E-state index is -1.24. The number of nitriles is 1. The first kappa shape index (κ1) is 13.1. The number of pyridine rings is 1. The monoisotopic (exact) mass is 249 g/mol. The van der Waals surface area contributed by atoms with Crippen molar-refractivity contribution in [2.75, 3.05) is 11.6 Å². The van der Waals surface area contributed by atoms with Crippen LogP contribution in [0.2, 0.25) is 0 Å². The molecule has 0 aromatic carbocycles. The highest BCUT2D eigenvalue weighted by Gasteiger charge is 2.14. The van der Waals surface area contributed by atoms with Gasteiger partial charge in [-0.1, -0.05) is 0 Å². The van der Waals surface area contributed by atoms with E-state index < -0.39 is 5.97 Å². The Balaban J connectivity index is 3.11. The van der Waals surface area contributed by atoms with Crippen LogP contribution in [0.25, 0.3) is 0 Å². The fourth-order valence-electron chi connectivity index (χ4n) is 1.13. The normalized spacial score (nSPS) is 11.4. The number of anilines is 1. The van der Waals surface area contributed by atoms with Crippen molar-refractivity contribution in [3.8, 4) is 6.07 Å². The van der Waals surface area contributed by atoms with E-state index in [-0.39, 0.29) is 5.57 Å². The van der Waals surface area contributed by atoms with E-state index in [2.05, 4.69) is 10.3 Å². The smallest absolute Gasteiger partial charge is 0.349 e. The van der Waals surface area contributed by atoms with Crippen LogP contribution in [0.5, 0.6) is 0 Å². The van der Waals surface area contributed by atoms with E-state index in [4.69, 9.17) is 10.4 Å². The van der Waals surface area contributed by atoms with Crippen LogP contribution in [0.4, 0.5) is 5.69 Å². The Bertz CT molecular complexity index is 506. The molecular formula is C11H11N3O2S. The van der Waals surface area contributed by atoms with Crippen LogP contribution in [-0.2, 0) is 4.79 Å². The van der Waals surface area contributed by atoms with Crippen molar-refractivity contribution in [2.24, 2.45) is 0 Å². The Morgan fingerprint density at radius 1 is 1.65 bits per heavy atom. The van der Waals surface area contributed by atoms with E-state index in [9.17, 15) is 4.79 Å². The van der Waals surface area contributed by atoms with Crippen LogP contribution in [0.1, 0.15) is 5.56 Å². The molecule has 0 aliphatic heterocycles. The molecule has 1 heterocycles. The van der Waals surface area contributed by atoms with Crippen molar-refractivity contribution in [3.63, 3.8) is 0 Å². The molecule has 0 amide bonds. The highest BCUT2D eigenvalue weighted by molar-refractivity contribution is 8.02. The lowest BCUT2D eigenvalue weighted by Gasteiger charge is -2.10. The summed E-state index contributed by atoms with van der Waals surface area (Å²) in [5.41, 5.74) is 1.31. The van der Waals surface area contributed by atoms with Gasteiger partial charge in [-0.05, 0) is 24.8 Å². The first-order chi connectivity index (χ1) is 8.10. The fourth-order valence-corrected chi connectivity index (χ4v) is 1.68. The van der Waals surface area contributed by atoms with Crippen LogP contribution in [0.3, 0.4) is 0 Å². The zero-order chi connectivity index (χ0) is 12.8. The Hall–Kier alpha value is -2.00.